The Balaban J connectivity index is 0.000000196. The molecule has 0 N–H and O–H groups in total. The fourth-order valence-corrected chi connectivity index (χ4v) is 2.69. The Labute approximate surface area is 196 Å². The first-order valence-corrected chi connectivity index (χ1v) is 12.9. The molecule has 0 heterocycles. The first-order chi connectivity index (χ1) is 15.2. The van der Waals surface area contributed by atoms with E-state index in [0.29, 0.717) is 0 Å². The van der Waals surface area contributed by atoms with E-state index in [2.05, 4.69) is 0 Å². The van der Waals surface area contributed by atoms with Gasteiger partial charge in [0.1, 0.15) is 0 Å². The van der Waals surface area contributed by atoms with E-state index in [1.807, 2.05) is 121 Å². The Hall–Kier alpha value is -3.13. The van der Waals surface area contributed by atoms with Crippen molar-refractivity contribution < 1.29 is 41.9 Å². The molecule has 4 rings (SSSR count). The molecule has 0 atom stereocenters. The number of hydrogen-bond acceptors (Lipinski definition) is 4. The van der Waals surface area contributed by atoms with Gasteiger partial charge in [-0.3, -0.25) is 9.59 Å². The van der Waals surface area contributed by atoms with Crippen molar-refractivity contribution in [2.24, 2.45) is 0 Å². The van der Waals surface area contributed by atoms with Crippen LogP contribution >= 0.6 is 0 Å². The molecule has 4 aromatic carbocycles. The normalized spacial score (nSPS) is 9.03. The van der Waals surface area contributed by atoms with Crippen LogP contribution in [0.5, 0.6) is 0 Å². The average Bonchev–Trinajstić information content (AvgIpc) is 2.86. The van der Waals surface area contributed by atoms with Gasteiger partial charge < -0.3 is 0 Å². The average molecular weight is 634 g/mol. The number of carbonyl (C=O) groups is 2. The molecule has 4 nitrogen and oxygen atoms in total. The van der Waals surface area contributed by atoms with Gasteiger partial charge in [0.2, 0.25) is 0 Å². The Bertz CT molecular complexity index is 937. The molecule has 0 fully saturated rings. The standard InChI is InChI=1S/2C13H10O.2O.U/c2*14-13(11-7-3-1-4-8-11)12-9-5-2-6-10-12;;;/h2*1-10H;;;/q;;;;+2. The molecule has 0 aliphatic rings. The Morgan fingerprint density at radius 2 is 0.548 bits per heavy atom. The van der Waals surface area contributed by atoms with E-state index in [0.717, 1.165) is 22.3 Å². The van der Waals surface area contributed by atoms with Gasteiger partial charge in [-0.2, -0.15) is 0 Å². The second-order valence-electron chi connectivity index (χ2n) is 6.21. The van der Waals surface area contributed by atoms with Gasteiger partial charge in [-0.1, -0.05) is 121 Å². The van der Waals surface area contributed by atoms with Crippen LogP contribution in [0.2, 0.25) is 0 Å². The molecule has 0 saturated heterocycles. The van der Waals surface area contributed by atoms with E-state index in [1.165, 1.54) is 0 Å². The Morgan fingerprint density at radius 3 is 0.710 bits per heavy atom. The van der Waals surface area contributed by atoms with Gasteiger partial charge in [-0.05, 0) is 0 Å². The van der Waals surface area contributed by atoms with Crippen molar-refractivity contribution in [3.63, 3.8) is 0 Å². The van der Waals surface area contributed by atoms with Crippen molar-refractivity contribution in [3.05, 3.63) is 144 Å². The van der Waals surface area contributed by atoms with Crippen LogP contribution in [-0.4, -0.2) is 11.6 Å². The predicted molar refractivity (Wildman–Crippen MR) is 114 cm³/mol. The molecule has 0 aliphatic heterocycles. The Morgan fingerprint density at radius 1 is 0.387 bits per heavy atom. The molecule has 0 aliphatic carbocycles. The van der Waals surface area contributed by atoms with Gasteiger partial charge in [0, 0.05) is 22.3 Å². The van der Waals surface area contributed by atoms with Gasteiger partial charge in [-0.25, -0.2) is 0 Å². The number of rotatable bonds is 4. The maximum atomic E-state index is 11.8. The summed E-state index contributed by atoms with van der Waals surface area (Å²) in [5.41, 5.74) is 2.94. The number of ketones is 2. The minimum absolute atomic E-state index is 0.0752. The van der Waals surface area contributed by atoms with Crippen LogP contribution < -0.4 is 0 Å². The van der Waals surface area contributed by atoms with Crippen molar-refractivity contribution in [3.8, 4) is 0 Å². The summed E-state index contributed by atoms with van der Waals surface area (Å²) in [6.07, 6.45) is 0. The molecule has 0 unspecified atom stereocenters. The first-order valence-electron chi connectivity index (χ1n) is 9.46. The maximum absolute atomic E-state index is 11.8. The molecule has 4 aromatic rings. The summed E-state index contributed by atoms with van der Waals surface area (Å²) >= 11 is -2.51. The first kappa shape index (κ1) is 24.1. The second-order valence-corrected chi connectivity index (χ2v) is 6.90. The van der Waals surface area contributed by atoms with Gasteiger partial charge in [0.05, 0.1) is 0 Å². The third-order valence-corrected chi connectivity index (χ3v) is 4.14. The predicted octanol–water partition coefficient (Wildman–Crippen LogP) is 5.60. The monoisotopic (exact) mass is 634 g/mol. The molecule has 0 spiro atoms. The minimum atomic E-state index is -2.51. The van der Waals surface area contributed by atoms with E-state index in [4.69, 9.17) is 4.47 Å². The zero-order valence-corrected chi connectivity index (χ0v) is 20.8. The van der Waals surface area contributed by atoms with Gasteiger partial charge in [0.25, 0.3) is 0 Å². The van der Waals surface area contributed by atoms with Crippen LogP contribution in [0.3, 0.4) is 0 Å². The van der Waals surface area contributed by atoms with E-state index < -0.39 is 27.8 Å². The number of benzene rings is 4. The fourth-order valence-electron chi connectivity index (χ4n) is 2.69. The quantitative estimate of drug-likeness (QED) is 0.275. The fraction of sp³-hybridized carbons (Fsp3) is 0. The van der Waals surface area contributed by atoms with Crippen molar-refractivity contribution in [2.75, 3.05) is 0 Å². The number of hydrogen-bond donors (Lipinski definition) is 0. The molecular weight excluding hydrogens is 614 g/mol. The zero-order chi connectivity index (χ0) is 22.3. The van der Waals surface area contributed by atoms with Crippen molar-refractivity contribution >= 4 is 11.6 Å². The summed E-state index contributed by atoms with van der Waals surface area (Å²) in [5.74, 6) is 0.150. The zero-order valence-electron chi connectivity index (χ0n) is 16.7. The van der Waals surface area contributed by atoms with Crippen molar-refractivity contribution in [1.29, 1.82) is 0 Å². The van der Waals surface area contributed by atoms with Crippen LogP contribution in [0, 0.1) is 27.8 Å². The summed E-state index contributed by atoms with van der Waals surface area (Å²) in [6.45, 7) is 0. The molecule has 150 valence electrons. The third-order valence-electron chi connectivity index (χ3n) is 4.14. The van der Waals surface area contributed by atoms with Crippen LogP contribution in [0.1, 0.15) is 31.8 Å². The molecule has 0 bridgehead atoms. The molecule has 0 aromatic heterocycles. The van der Waals surface area contributed by atoms with Crippen LogP contribution in [0.4, 0.5) is 0 Å². The van der Waals surface area contributed by atoms with Gasteiger partial charge in [0.15, 0.2) is 11.6 Å². The third kappa shape index (κ3) is 8.26. The molecule has 31 heavy (non-hydrogen) atoms. The van der Waals surface area contributed by atoms with E-state index in [-0.39, 0.29) is 11.6 Å². The summed E-state index contributed by atoms with van der Waals surface area (Å²) < 4.78 is 17.2. The molecule has 0 amide bonds. The summed E-state index contributed by atoms with van der Waals surface area (Å²) in [6, 6.07) is 37.2. The van der Waals surface area contributed by atoms with Crippen LogP contribution in [0.15, 0.2) is 121 Å². The molecular formula is C26H20O4U+2. The second kappa shape index (κ2) is 14.0. The Kier molecular flexibility index (Phi) is 10.9. The van der Waals surface area contributed by atoms with Gasteiger partial charge >= 0.3 is 32.3 Å². The molecule has 5 heteroatoms. The van der Waals surface area contributed by atoms with Gasteiger partial charge in [-0.15, -0.1) is 0 Å². The van der Waals surface area contributed by atoms with Crippen molar-refractivity contribution in [2.45, 2.75) is 0 Å². The van der Waals surface area contributed by atoms with Crippen molar-refractivity contribution in [1.82, 2.24) is 0 Å². The van der Waals surface area contributed by atoms with Crippen LogP contribution in [0.25, 0.3) is 0 Å². The van der Waals surface area contributed by atoms with E-state index in [1.54, 1.807) is 0 Å². The van der Waals surface area contributed by atoms with Crippen LogP contribution in [-0.2, 0) is 4.47 Å². The summed E-state index contributed by atoms with van der Waals surface area (Å²) in [7, 11) is 0. The van der Waals surface area contributed by atoms with E-state index >= 15 is 0 Å². The topological polar surface area (TPSA) is 68.3 Å². The van der Waals surface area contributed by atoms with E-state index in [9.17, 15) is 9.59 Å². The molecule has 0 radical (unpaired) electrons. The SMILES string of the molecule is O=C(c1ccccc1)c1ccccc1.O=C(c1ccccc1)c1ccccc1.[O]=[U+2]=[O]. The number of carbonyl (C=O) groups excluding carboxylic acids is 2. The molecule has 0 saturated carbocycles. The summed E-state index contributed by atoms with van der Waals surface area (Å²) in [4.78, 5) is 23.7. The summed E-state index contributed by atoms with van der Waals surface area (Å²) in [5, 5.41) is 0.